The highest BCUT2D eigenvalue weighted by Crippen LogP contribution is 2.23. The number of carbonyl (C=O) groups excluding carboxylic acids is 1. The second kappa shape index (κ2) is 8.90. The number of furan rings is 1. The van der Waals surface area contributed by atoms with Gasteiger partial charge in [0.2, 0.25) is 11.9 Å². The van der Waals surface area contributed by atoms with E-state index in [4.69, 9.17) is 4.42 Å². The molecular weight excluding hydrogens is 364 g/mol. The zero-order valence-electron chi connectivity index (χ0n) is 16.6. The summed E-state index contributed by atoms with van der Waals surface area (Å²) in [6.45, 7) is 3.69. The smallest absolute Gasteiger partial charge is 0.227 e. The van der Waals surface area contributed by atoms with E-state index in [9.17, 15) is 4.79 Å². The number of hydrogen-bond acceptors (Lipinski definition) is 5. The highest BCUT2D eigenvalue weighted by molar-refractivity contribution is 5.83. The largest absolute Gasteiger partial charge is 0.463 e. The SMILES string of the molecule is CCC(C(=O)NC1CCN(c2nccc(-c3ccco3)n2)CC1)c1ccccc1. The molecule has 1 atom stereocenters. The Balaban J connectivity index is 1.35. The van der Waals surface area contributed by atoms with Gasteiger partial charge in [-0.05, 0) is 43.0 Å². The van der Waals surface area contributed by atoms with Crippen LogP contribution >= 0.6 is 0 Å². The third-order valence-electron chi connectivity index (χ3n) is 5.47. The maximum atomic E-state index is 12.8. The van der Waals surface area contributed by atoms with Crippen molar-refractivity contribution >= 4 is 11.9 Å². The Hall–Kier alpha value is -3.15. The van der Waals surface area contributed by atoms with E-state index >= 15 is 0 Å². The summed E-state index contributed by atoms with van der Waals surface area (Å²) in [4.78, 5) is 24.0. The molecule has 4 rings (SSSR count). The first kappa shape index (κ1) is 19.2. The minimum Gasteiger partial charge on any atom is -0.463 e. The number of carbonyl (C=O) groups is 1. The van der Waals surface area contributed by atoms with Gasteiger partial charge in [-0.1, -0.05) is 37.3 Å². The van der Waals surface area contributed by atoms with E-state index in [1.165, 1.54) is 0 Å². The van der Waals surface area contributed by atoms with Crippen molar-refractivity contribution in [2.75, 3.05) is 18.0 Å². The van der Waals surface area contributed by atoms with Crippen LogP contribution in [0.2, 0.25) is 0 Å². The van der Waals surface area contributed by atoms with Gasteiger partial charge < -0.3 is 14.6 Å². The number of benzene rings is 1. The van der Waals surface area contributed by atoms with Gasteiger partial charge in [-0.15, -0.1) is 0 Å². The predicted octanol–water partition coefficient (Wildman–Crippen LogP) is 4.02. The second-order valence-corrected chi connectivity index (χ2v) is 7.36. The predicted molar refractivity (Wildman–Crippen MR) is 113 cm³/mol. The Kier molecular flexibility index (Phi) is 5.89. The molecule has 0 radical (unpaired) electrons. The molecule has 2 aromatic heterocycles. The fourth-order valence-electron chi connectivity index (χ4n) is 3.85. The van der Waals surface area contributed by atoms with Crippen molar-refractivity contribution < 1.29 is 9.21 Å². The number of anilines is 1. The Morgan fingerprint density at radius 3 is 2.66 bits per heavy atom. The molecule has 29 heavy (non-hydrogen) atoms. The maximum Gasteiger partial charge on any atom is 0.227 e. The number of piperidine rings is 1. The van der Waals surface area contributed by atoms with Gasteiger partial charge in [0, 0.05) is 25.3 Å². The average Bonchev–Trinajstić information content (AvgIpc) is 3.31. The zero-order chi connectivity index (χ0) is 20.1. The Bertz CT molecular complexity index is 919. The lowest BCUT2D eigenvalue weighted by Crippen LogP contribution is -2.46. The summed E-state index contributed by atoms with van der Waals surface area (Å²) in [5, 5.41) is 3.25. The summed E-state index contributed by atoms with van der Waals surface area (Å²) in [6, 6.07) is 15.8. The lowest BCUT2D eigenvalue weighted by atomic mass is 9.94. The van der Waals surface area contributed by atoms with Crippen LogP contribution < -0.4 is 10.2 Å². The third kappa shape index (κ3) is 4.47. The number of amides is 1. The lowest BCUT2D eigenvalue weighted by Gasteiger charge is -2.33. The van der Waals surface area contributed by atoms with Gasteiger partial charge in [-0.2, -0.15) is 0 Å². The first-order valence-electron chi connectivity index (χ1n) is 10.2. The van der Waals surface area contributed by atoms with Crippen LogP contribution in [0.1, 0.15) is 37.7 Å². The van der Waals surface area contributed by atoms with Crippen LogP contribution in [0.25, 0.3) is 11.5 Å². The monoisotopic (exact) mass is 390 g/mol. The lowest BCUT2D eigenvalue weighted by molar-refractivity contribution is -0.123. The van der Waals surface area contributed by atoms with E-state index in [0.29, 0.717) is 5.95 Å². The first-order chi connectivity index (χ1) is 14.2. The van der Waals surface area contributed by atoms with Crippen molar-refractivity contribution in [1.29, 1.82) is 0 Å². The van der Waals surface area contributed by atoms with Crippen LogP contribution in [0.4, 0.5) is 5.95 Å². The molecule has 0 spiro atoms. The molecule has 1 aromatic carbocycles. The zero-order valence-corrected chi connectivity index (χ0v) is 16.6. The Labute approximate surface area is 171 Å². The molecule has 150 valence electrons. The second-order valence-electron chi connectivity index (χ2n) is 7.36. The molecule has 0 bridgehead atoms. The number of nitrogens with zero attached hydrogens (tertiary/aromatic N) is 3. The van der Waals surface area contributed by atoms with Crippen LogP contribution in [-0.2, 0) is 4.79 Å². The summed E-state index contributed by atoms with van der Waals surface area (Å²) in [6.07, 6.45) is 5.96. The van der Waals surface area contributed by atoms with Crippen molar-refractivity contribution in [3.63, 3.8) is 0 Å². The molecule has 1 N–H and O–H groups in total. The minimum atomic E-state index is -0.0949. The van der Waals surface area contributed by atoms with E-state index < -0.39 is 0 Å². The number of rotatable bonds is 6. The van der Waals surface area contributed by atoms with Crippen LogP contribution in [0, 0.1) is 0 Å². The molecule has 1 aliphatic heterocycles. The molecule has 1 unspecified atom stereocenters. The van der Waals surface area contributed by atoms with E-state index in [2.05, 4.69) is 27.1 Å². The summed E-state index contributed by atoms with van der Waals surface area (Å²) in [7, 11) is 0. The summed E-state index contributed by atoms with van der Waals surface area (Å²) >= 11 is 0. The molecule has 0 aliphatic carbocycles. The number of aromatic nitrogens is 2. The molecule has 1 saturated heterocycles. The first-order valence-corrected chi connectivity index (χ1v) is 10.2. The molecule has 3 aromatic rings. The Morgan fingerprint density at radius 1 is 1.17 bits per heavy atom. The van der Waals surface area contributed by atoms with Crippen LogP contribution in [0.5, 0.6) is 0 Å². The normalized spacial score (nSPS) is 15.8. The van der Waals surface area contributed by atoms with Crippen molar-refractivity contribution in [3.8, 4) is 11.5 Å². The topological polar surface area (TPSA) is 71.3 Å². The van der Waals surface area contributed by atoms with Gasteiger partial charge in [0.05, 0.1) is 12.2 Å². The van der Waals surface area contributed by atoms with Crippen molar-refractivity contribution in [2.24, 2.45) is 0 Å². The average molecular weight is 390 g/mol. The molecule has 1 aliphatic rings. The fourth-order valence-corrected chi connectivity index (χ4v) is 3.85. The van der Waals surface area contributed by atoms with E-state index in [-0.39, 0.29) is 17.9 Å². The Morgan fingerprint density at radius 2 is 1.97 bits per heavy atom. The van der Waals surface area contributed by atoms with E-state index in [1.54, 1.807) is 12.5 Å². The quantitative estimate of drug-likeness (QED) is 0.688. The van der Waals surface area contributed by atoms with Crippen LogP contribution in [0.3, 0.4) is 0 Å². The summed E-state index contributed by atoms with van der Waals surface area (Å²) in [5.74, 6) is 1.47. The third-order valence-corrected chi connectivity index (χ3v) is 5.47. The van der Waals surface area contributed by atoms with Crippen molar-refractivity contribution in [2.45, 2.75) is 38.1 Å². The molecule has 6 nitrogen and oxygen atoms in total. The molecule has 1 fully saturated rings. The van der Waals surface area contributed by atoms with Gasteiger partial charge in [0.1, 0.15) is 5.69 Å². The van der Waals surface area contributed by atoms with E-state index in [1.807, 2.05) is 48.5 Å². The van der Waals surface area contributed by atoms with Crippen molar-refractivity contribution in [3.05, 3.63) is 66.6 Å². The number of hydrogen-bond donors (Lipinski definition) is 1. The standard InChI is InChI=1S/C23H26N4O2/c1-2-19(17-7-4-3-5-8-17)22(28)25-18-11-14-27(15-12-18)23-24-13-10-20(26-23)21-9-6-16-29-21/h3-10,13,16,18-19H,2,11-12,14-15H2,1H3,(H,25,28). The highest BCUT2D eigenvalue weighted by atomic mass is 16.3. The van der Waals surface area contributed by atoms with Gasteiger partial charge in [-0.3, -0.25) is 4.79 Å². The molecule has 0 saturated carbocycles. The highest BCUT2D eigenvalue weighted by Gasteiger charge is 2.26. The summed E-state index contributed by atoms with van der Waals surface area (Å²) < 4.78 is 5.44. The maximum absolute atomic E-state index is 12.8. The molecule has 1 amide bonds. The van der Waals surface area contributed by atoms with Gasteiger partial charge >= 0.3 is 0 Å². The van der Waals surface area contributed by atoms with Gasteiger partial charge in [0.15, 0.2) is 5.76 Å². The minimum absolute atomic E-state index is 0.0949. The van der Waals surface area contributed by atoms with Gasteiger partial charge in [0.25, 0.3) is 0 Å². The van der Waals surface area contributed by atoms with Gasteiger partial charge in [-0.25, -0.2) is 9.97 Å². The van der Waals surface area contributed by atoms with Crippen LogP contribution in [-0.4, -0.2) is 35.0 Å². The van der Waals surface area contributed by atoms with E-state index in [0.717, 1.165) is 49.4 Å². The van der Waals surface area contributed by atoms with Crippen molar-refractivity contribution in [1.82, 2.24) is 15.3 Å². The summed E-state index contributed by atoms with van der Waals surface area (Å²) in [5.41, 5.74) is 1.86. The molecule has 6 heteroatoms. The fraction of sp³-hybridized carbons (Fsp3) is 0.348. The molecular formula is C23H26N4O2. The number of nitrogens with one attached hydrogen (secondary N) is 1. The molecule has 3 heterocycles. The van der Waals surface area contributed by atoms with Crippen LogP contribution in [0.15, 0.2) is 65.4 Å².